The summed E-state index contributed by atoms with van der Waals surface area (Å²) in [6, 6.07) is 10.4. The number of halogens is 1. The molecule has 1 aromatic carbocycles. The standard InChI is InChI=1S/C31H48N4O2S2.ClH/c1-23(2)19-29(36)35-22-39-21-28(35)30(37)33-27(14-13-24-9-5-3-6-10-24)31(38)32-26-15-17-34(18-16-26)20-25-11-7-4-8-12-25;/h4,7-8,11-12,23-24,26-28H,3,5-6,9-10,13-22H2,1-2H3,(H,32,38)(H,33,37);1H/t27-,28+;/m1./s1. The molecule has 3 fully saturated rings. The van der Waals surface area contributed by atoms with Crippen LogP contribution in [0, 0.1) is 11.8 Å². The number of likely N-dealkylation sites (tertiary alicyclic amines) is 1. The fourth-order valence-electron chi connectivity index (χ4n) is 6.17. The molecule has 2 atom stereocenters. The van der Waals surface area contributed by atoms with Crippen LogP contribution in [0.5, 0.6) is 0 Å². The molecular weight excluding hydrogens is 560 g/mol. The van der Waals surface area contributed by atoms with Crippen molar-refractivity contribution in [3.63, 3.8) is 0 Å². The van der Waals surface area contributed by atoms with Crippen molar-refractivity contribution >= 4 is 53.2 Å². The Hall–Kier alpha value is -1.35. The highest BCUT2D eigenvalue weighted by molar-refractivity contribution is 7.99. The average molecular weight is 609 g/mol. The first-order valence-corrected chi connectivity index (χ1v) is 16.7. The molecule has 0 spiro atoms. The van der Waals surface area contributed by atoms with E-state index in [1.54, 1.807) is 16.7 Å². The summed E-state index contributed by atoms with van der Waals surface area (Å²) in [6.07, 6.45) is 11.1. The van der Waals surface area contributed by atoms with Gasteiger partial charge in [-0.1, -0.05) is 88.5 Å². The van der Waals surface area contributed by atoms with Crippen molar-refractivity contribution in [1.29, 1.82) is 0 Å². The zero-order valence-electron chi connectivity index (χ0n) is 24.3. The first kappa shape index (κ1) is 33.2. The largest absolute Gasteiger partial charge is 0.375 e. The van der Waals surface area contributed by atoms with Crippen LogP contribution >= 0.6 is 36.4 Å². The molecule has 2 N–H and O–H groups in total. The van der Waals surface area contributed by atoms with Gasteiger partial charge in [0.15, 0.2) is 0 Å². The first-order valence-electron chi connectivity index (χ1n) is 15.1. The number of thiocarbonyl (C=S) groups is 1. The SMILES string of the molecule is CC(C)CC(=O)N1CSC[C@H]1C(=O)N[C@H](CCC1CCCCC1)C(=S)NC1CCN(Cc2ccccc2)CC1.Cl. The maximum Gasteiger partial charge on any atom is 0.244 e. The van der Waals surface area contributed by atoms with Gasteiger partial charge in [0.1, 0.15) is 6.04 Å². The Morgan fingerprint density at radius 2 is 1.75 bits per heavy atom. The third-order valence-electron chi connectivity index (χ3n) is 8.49. The van der Waals surface area contributed by atoms with Crippen molar-refractivity contribution in [2.75, 3.05) is 24.7 Å². The summed E-state index contributed by atoms with van der Waals surface area (Å²) in [5.74, 6) is 2.30. The molecule has 6 nitrogen and oxygen atoms in total. The molecule has 224 valence electrons. The van der Waals surface area contributed by atoms with E-state index in [4.69, 9.17) is 12.2 Å². The van der Waals surface area contributed by atoms with E-state index in [9.17, 15) is 9.59 Å². The second kappa shape index (κ2) is 16.9. The molecule has 2 saturated heterocycles. The van der Waals surface area contributed by atoms with E-state index >= 15 is 0 Å². The van der Waals surface area contributed by atoms with Crippen LogP contribution in [0.25, 0.3) is 0 Å². The first-order chi connectivity index (χ1) is 18.9. The molecule has 2 heterocycles. The molecule has 40 heavy (non-hydrogen) atoms. The fourth-order valence-corrected chi connectivity index (χ4v) is 7.69. The number of carbonyl (C=O) groups excluding carboxylic acids is 2. The lowest BCUT2D eigenvalue weighted by molar-refractivity contribution is -0.138. The molecule has 2 amide bonds. The molecule has 0 aromatic heterocycles. The smallest absolute Gasteiger partial charge is 0.244 e. The molecule has 0 unspecified atom stereocenters. The lowest BCUT2D eigenvalue weighted by Crippen LogP contribution is -2.55. The zero-order chi connectivity index (χ0) is 27.6. The molecule has 1 aliphatic carbocycles. The predicted octanol–water partition coefficient (Wildman–Crippen LogP) is 5.78. The van der Waals surface area contributed by atoms with Crippen LogP contribution in [0.1, 0.15) is 83.6 Å². The third kappa shape index (κ3) is 10.2. The van der Waals surface area contributed by atoms with Crippen molar-refractivity contribution < 1.29 is 9.59 Å². The van der Waals surface area contributed by atoms with E-state index in [1.807, 2.05) is 13.8 Å². The van der Waals surface area contributed by atoms with Gasteiger partial charge in [-0.2, -0.15) is 0 Å². The van der Waals surface area contributed by atoms with E-state index in [-0.39, 0.29) is 36.2 Å². The van der Waals surface area contributed by atoms with Crippen LogP contribution in [0.4, 0.5) is 0 Å². The number of thioether (sulfide) groups is 1. The Morgan fingerprint density at radius 1 is 1.05 bits per heavy atom. The molecule has 0 bridgehead atoms. The number of piperidine rings is 1. The maximum atomic E-state index is 13.5. The number of hydrogen-bond donors (Lipinski definition) is 2. The van der Waals surface area contributed by atoms with E-state index in [0.29, 0.717) is 24.1 Å². The number of amides is 2. The lowest BCUT2D eigenvalue weighted by Gasteiger charge is -2.34. The Morgan fingerprint density at radius 3 is 2.42 bits per heavy atom. The highest BCUT2D eigenvalue weighted by Crippen LogP contribution is 2.28. The monoisotopic (exact) mass is 608 g/mol. The number of carbonyl (C=O) groups is 2. The minimum Gasteiger partial charge on any atom is -0.375 e. The molecule has 4 rings (SSSR count). The second-order valence-corrected chi connectivity index (χ2v) is 13.6. The van der Waals surface area contributed by atoms with E-state index < -0.39 is 6.04 Å². The molecule has 9 heteroatoms. The van der Waals surface area contributed by atoms with Gasteiger partial charge in [0.25, 0.3) is 0 Å². The van der Waals surface area contributed by atoms with Crippen molar-refractivity contribution in [1.82, 2.24) is 20.4 Å². The average Bonchev–Trinajstić information content (AvgIpc) is 3.43. The summed E-state index contributed by atoms with van der Waals surface area (Å²) in [5, 5.41) is 6.96. The van der Waals surface area contributed by atoms with Gasteiger partial charge in [-0.3, -0.25) is 14.5 Å². The summed E-state index contributed by atoms with van der Waals surface area (Å²) in [4.78, 5) is 31.4. The number of nitrogens with one attached hydrogen (secondary N) is 2. The summed E-state index contributed by atoms with van der Waals surface area (Å²) < 4.78 is 0. The maximum absolute atomic E-state index is 13.5. The molecule has 1 saturated carbocycles. The number of hydrogen-bond acceptors (Lipinski definition) is 5. The van der Waals surface area contributed by atoms with E-state index in [0.717, 1.165) is 56.2 Å². The summed E-state index contributed by atoms with van der Waals surface area (Å²) in [6.45, 7) is 7.17. The van der Waals surface area contributed by atoms with Gasteiger partial charge in [-0.15, -0.1) is 24.2 Å². The van der Waals surface area contributed by atoms with Gasteiger partial charge in [0.05, 0.1) is 16.9 Å². The van der Waals surface area contributed by atoms with Gasteiger partial charge in [-0.25, -0.2) is 0 Å². The van der Waals surface area contributed by atoms with Crippen LogP contribution in [-0.2, 0) is 16.1 Å². The van der Waals surface area contributed by atoms with E-state index in [1.165, 1.54) is 37.7 Å². The topological polar surface area (TPSA) is 64.7 Å². The van der Waals surface area contributed by atoms with Crippen molar-refractivity contribution in [3.05, 3.63) is 35.9 Å². The quantitative estimate of drug-likeness (QED) is 0.310. The van der Waals surface area contributed by atoms with Gasteiger partial charge >= 0.3 is 0 Å². The van der Waals surface area contributed by atoms with Gasteiger partial charge in [0.2, 0.25) is 11.8 Å². The second-order valence-electron chi connectivity index (χ2n) is 12.2. The summed E-state index contributed by atoms with van der Waals surface area (Å²) in [5.41, 5.74) is 1.36. The highest BCUT2D eigenvalue weighted by Gasteiger charge is 2.36. The molecular formula is C31H49ClN4O2S2. The zero-order valence-corrected chi connectivity index (χ0v) is 26.8. The van der Waals surface area contributed by atoms with Crippen molar-refractivity contribution in [2.24, 2.45) is 11.8 Å². The Bertz CT molecular complexity index is 937. The van der Waals surface area contributed by atoms with Crippen LogP contribution in [0.2, 0.25) is 0 Å². The summed E-state index contributed by atoms with van der Waals surface area (Å²) >= 11 is 7.63. The van der Waals surface area contributed by atoms with Crippen LogP contribution in [-0.4, -0.2) is 69.4 Å². The number of benzene rings is 1. The minimum absolute atomic E-state index is 0. The predicted molar refractivity (Wildman–Crippen MR) is 173 cm³/mol. The van der Waals surface area contributed by atoms with Crippen LogP contribution < -0.4 is 10.6 Å². The molecule has 2 aliphatic heterocycles. The Balaban J connectivity index is 0.00000441. The number of nitrogens with zero attached hydrogens (tertiary/aromatic N) is 2. The van der Waals surface area contributed by atoms with Crippen molar-refractivity contribution in [3.8, 4) is 0 Å². The fraction of sp³-hybridized carbons (Fsp3) is 0.710. The lowest BCUT2D eigenvalue weighted by atomic mass is 9.85. The Kier molecular flexibility index (Phi) is 14.0. The highest BCUT2D eigenvalue weighted by atomic mass is 35.5. The molecule has 1 aromatic rings. The van der Waals surface area contributed by atoms with Gasteiger partial charge < -0.3 is 15.5 Å². The Labute approximate surface area is 257 Å². The van der Waals surface area contributed by atoms with Crippen LogP contribution in [0.3, 0.4) is 0 Å². The minimum atomic E-state index is -0.401. The van der Waals surface area contributed by atoms with Gasteiger partial charge in [-0.05, 0) is 43.1 Å². The third-order valence-corrected chi connectivity index (χ3v) is 9.91. The number of rotatable bonds is 11. The normalized spacial score (nSPS) is 21.6. The van der Waals surface area contributed by atoms with Crippen LogP contribution in [0.15, 0.2) is 30.3 Å². The van der Waals surface area contributed by atoms with E-state index in [2.05, 4.69) is 45.9 Å². The molecule has 3 aliphatic rings. The van der Waals surface area contributed by atoms with Crippen molar-refractivity contribution in [2.45, 2.75) is 103 Å². The molecule has 0 radical (unpaired) electrons. The summed E-state index contributed by atoms with van der Waals surface area (Å²) in [7, 11) is 0. The van der Waals surface area contributed by atoms with Gasteiger partial charge in [0, 0.05) is 37.8 Å².